The summed E-state index contributed by atoms with van der Waals surface area (Å²) in [5, 5.41) is 14.8. The second kappa shape index (κ2) is 5.75. The molecule has 1 aliphatic rings. The van der Waals surface area contributed by atoms with Crippen LogP contribution in [0.4, 0.5) is 5.95 Å². The van der Waals surface area contributed by atoms with E-state index in [9.17, 15) is 5.11 Å². The van der Waals surface area contributed by atoms with Crippen LogP contribution >= 0.6 is 0 Å². The molecule has 106 valence electrons. The summed E-state index contributed by atoms with van der Waals surface area (Å²) in [6.07, 6.45) is 8.24. The van der Waals surface area contributed by atoms with Crippen LogP contribution < -0.4 is 5.32 Å². The second-order valence-corrected chi connectivity index (χ2v) is 5.74. The molecule has 0 spiro atoms. The highest BCUT2D eigenvalue weighted by molar-refractivity contribution is 5.78. The molecule has 1 aromatic carbocycles. The van der Waals surface area contributed by atoms with Crippen LogP contribution in [0.15, 0.2) is 30.5 Å². The average molecular weight is 271 g/mol. The Hall–Kier alpha value is -1.68. The van der Waals surface area contributed by atoms with Gasteiger partial charge in [-0.15, -0.1) is 0 Å². The van der Waals surface area contributed by atoms with Crippen molar-refractivity contribution in [3.63, 3.8) is 0 Å². The highest BCUT2D eigenvalue weighted by Gasteiger charge is 2.27. The number of benzene rings is 1. The molecule has 0 saturated heterocycles. The average Bonchev–Trinajstić information content (AvgIpc) is 2.70. The van der Waals surface area contributed by atoms with E-state index in [0.717, 1.165) is 36.6 Å². The number of nitrogens with one attached hydrogen (secondary N) is 1. The highest BCUT2D eigenvalue weighted by Crippen LogP contribution is 2.27. The Bertz CT molecular complexity index is 577. The minimum absolute atomic E-state index is 0.533. The molecule has 0 radical (unpaired) electrons. The van der Waals surface area contributed by atoms with Crippen LogP contribution in [0.3, 0.4) is 0 Å². The fourth-order valence-corrected chi connectivity index (χ4v) is 2.86. The molecule has 0 atom stereocenters. The lowest BCUT2D eigenvalue weighted by molar-refractivity contribution is 0.0380. The smallest absolute Gasteiger partial charge is 0.223 e. The van der Waals surface area contributed by atoms with E-state index in [2.05, 4.69) is 15.3 Å². The Morgan fingerprint density at radius 2 is 1.85 bits per heavy atom. The van der Waals surface area contributed by atoms with Crippen molar-refractivity contribution in [2.24, 2.45) is 0 Å². The van der Waals surface area contributed by atoms with Gasteiger partial charge in [0.15, 0.2) is 0 Å². The summed E-state index contributed by atoms with van der Waals surface area (Å²) in [5.74, 6) is 0.598. The van der Waals surface area contributed by atoms with Gasteiger partial charge >= 0.3 is 0 Å². The molecular weight excluding hydrogens is 250 g/mol. The Kier molecular flexibility index (Phi) is 3.83. The normalized spacial score (nSPS) is 18.6. The molecule has 3 rings (SSSR count). The fraction of sp³-hybridized carbons (Fsp3) is 0.500. The quantitative estimate of drug-likeness (QED) is 0.842. The van der Waals surface area contributed by atoms with Crippen molar-refractivity contribution in [1.29, 1.82) is 0 Å². The number of aromatic nitrogens is 2. The number of hydrogen-bond donors (Lipinski definition) is 2. The van der Waals surface area contributed by atoms with Crippen LogP contribution in [0, 0.1) is 0 Å². The fourth-order valence-electron chi connectivity index (χ4n) is 2.86. The molecule has 0 aliphatic heterocycles. The van der Waals surface area contributed by atoms with Crippen molar-refractivity contribution in [2.45, 2.75) is 44.1 Å². The Labute approximate surface area is 119 Å². The van der Waals surface area contributed by atoms with Crippen molar-refractivity contribution in [3.05, 3.63) is 30.5 Å². The minimum atomic E-state index is -0.606. The molecule has 4 heteroatoms. The minimum Gasteiger partial charge on any atom is -0.388 e. The zero-order chi connectivity index (χ0) is 13.8. The van der Waals surface area contributed by atoms with Gasteiger partial charge in [0.05, 0.1) is 11.1 Å². The van der Waals surface area contributed by atoms with Crippen molar-refractivity contribution in [2.75, 3.05) is 11.9 Å². The number of rotatable bonds is 3. The van der Waals surface area contributed by atoms with Gasteiger partial charge in [0, 0.05) is 18.1 Å². The Morgan fingerprint density at radius 1 is 1.10 bits per heavy atom. The molecule has 0 bridgehead atoms. The lowest BCUT2D eigenvalue weighted by Crippen LogP contribution is -2.36. The third-order valence-electron chi connectivity index (χ3n) is 4.10. The van der Waals surface area contributed by atoms with E-state index in [-0.39, 0.29) is 0 Å². The van der Waals surface area contributed by atoms with Gasteiger partial charge in [-0.3, -0.25) is 0 Å². The summed E-state index contributed by atoms with van der Waals surface area (Å²) in [6, 6.07) is 7.92. The van der Waals surface area contributed by atoms with E-state index in [4.69, 9.17) is 0 Å². The van der Waals surface area contributed by atoms with Crippen LogP contribution in [-0.2, 0) is 0 Å². The van der Waals surface area contributed by atoms with Crippen molar-refractivity contribution in [1.82, 2.24) is 9.97 Å². The second-order valence-electron chi connectivity index (χ2n) is 5.74. The molecule has 1 fully saturated rings. The topological polar surface area (TPSA) is 58.0 Å². The van der Waals surface area contributed by atoms with Gasteiger partial charge in [0.1, 0.15) is 0 Å². The first kappa shape index (κ1) is 13.3. The van der Waals surface area contributed by atoms with Crippen LogP contribution in [0.1, 0.15) is 38.5 Å². The predicted octanol–water partition coefficient (Wildman–Crippen LogP) is 3.13. The Balaban J connectivity index is 1.69. The van der Waals surface area contributed by atoms with E-state index in [1.807, 2.05) is 30.5 Å². The van der Waals surface area contributed by atoms with E-state index in [1.165, 1.54) is 12.8 Å². The molecule has 4 nitrogen and oxygen atoms in total. The molecule has 1 aromatic heterocycles. The molecule has 2 aromatic rings. The van der Waals surface area contributed by atoms with Gasteiger partial charge in [-0.1, -0.05) is 43.9 Å². The number of anilines is 1. The monoisotopic (exact) mass is 271 g/mol. The van der Waals surface area contributed by atoms with Gasteiger partial charge in [0.25, 0.3) is 0 Å². The summed E-state index contributed by atoms with van der Waals surface area (Å²) in [6.45, 7) is 0.533. The summed E-state index contributed by atoms with van der Waals surface area (Å²) in [7, 11) is 0. The molecule has 1 heterocycles. The van der Waals surface area contributed by atoms with E-state index < -0.39 is 5.60 Å². The SMILES string of the molecule is OC1(CNc2ncc3ccccc3n2)CCCCCC1. The van der Waals surface area contributed by atoms with Gasteiger partial charge in [-0.25, -0.2) is 9.97 Å². The van der Waals surface area contributed by atoms with Gasteiger partial charge in [-0.2, -0.15) is 0 Å². The van der Waals surface area contributed by atoms with Crippen LogP contribution in [0.25, 0.3) is 10.9 Å². The van der Waals surface area contributed by atoms with E-state index in [1.54, 1.807) is 0 Å². The highest BCUT2D eigenvalue weighted by atomic mass is 16.3. The van der Waals surface area contributed by atoms with Crippen LogP contribution in [-0.4, -0.2) is 27.2 Å². The van der Waals surface area contributed by atoms with Crippen molar-refractivity contribution >= 4 is 16.9 Å². The van der Waals surface area contributed by atoms with E-state index >= 15 is 0 Å². The van der Waals surface area contributed by atoms with Gasteiger partial charge in [-0.05, 0) is 18.9 Å². The zero-order valence-corrected chi connectivity index (χ0v) is 11.7. The summed E-state index contributed by atoms with van der Waals surface area (Å²) < 4.78 is 0. The third kappa shape index (κ3) is 3.07. The molecule has 0 unspecified atom stereocenters. The summed E-state index contributed by atoms with van der Waals surface area (Å²) >= 11 is 0. The molecule has 2 N–H and O–H groups in total. The Morgan fingerprint density at radius 3 is 2.65 bits per heavy atom. The lowest BCUT2D eigenvalue weighted by Gasteiger charge is -2.26. The number of fused-ring (bicyclic) bond motifs is 1. The molecule has 0 amide bonds. The molecule has 1 saturated carbocycles. The number of hydrogen-bond acceptors (Lipinski definition) is 4. The van der Waals surface area contributed by atoms with Crippen molar-refractivity contribution < 1.29 is 5.11 Å². The number of nitrogens with zero attached hydrogens (tertiary/aromatic N) is 2. The van der Waals surface area contributed by atoms with Gasteiger partial charge in [0.2, 0.25) is 5.95 Å². The standard InChI is InChI=1S/C16H21N3O/c20-16(9-5-1-2-6-10-16)12-18-15-17-11-13-7-3-4-8-14(13)19-15/h3-4,7-8,11,20H,1-2,5-6,9-10,12H2,(H,17,18,19). The third-order valence-corrected chi connectivity index (χ3v) is 4.10. The number of aliphatic hydroxyl groups is 1. The summed E-state index contributed by atoms with van der Waals surface area (Å²) in [4.78, 5) is 8.79. The van der Waals surface area contributed by atoms with E-state index in [0.29, 0.717) is 12.5 Å². The predicted molar refractivity (Wildman–Crippen MR) is 80.7 cm³/mol. The van der Waals surface area contributed by atoms with Crippen LogP contribution in [0.2, 0.25) is 0 Å². The maximum absolute atomic E-state index is 10.6. The molecule has 1 aliphatic carbocycles. The number of para-hydroxylation sites is 1. The zero-order valence-electron chi connectivity index (χ0n) is 11.7. The van der Waals surface area contributed by atoms with Crippen molar-refractivity contribution in [3.8, 4) is 0 Å². The van der Waals surface area contributed by atoms with Gasteiger partial charge < -0.3 is 10.4 Å². The maximum Gasteiger partial charge on any atom is 0.223 e. The first-order valence-corrected chi connectivity index (χ1v) is 7.43. The maximum atomic E-state index is 10.6. The first-order valence-electron chi connectivity index (χ1n) is 7.43. The largest absolute Gasteiger partial charge is 0.388 e. The molecule has 20 heavy (non-hydrogen) atoms. The first-order chi connectivity index (χ1) is 9.75. The lowest BCUT2D eigenvalue weighted by atomic mass is 9.95. The molecular formula is C16H21N3O. The summed E-state index contributed by atoms with van der Waals surface area (Å²) in [5.41, 5.74) is 0.323. The van der Waals surface area contributed by atoms with Crippen LogP contribution in [0.5, 0.6) is 0 Å².